The minimum Gasteiger partial charge on any atom is -0.340 e. The van der Waals surface area contributed by atoms with Crippen molar-refractivity contribution in [2.45, 2.75) is 57.2 Å². The van der Waals surface area contributed by atoms with E-state index in [0.717, 1.165) is 25.1 Å². The third-order valence-corrected chi connectivity index (χ3v) is 4.61. The van der Waals surface area contributed by atoms with Crippen LogP contribution in [0.5, 0.6) is 0 Å². The number of hydrogen-bond acceptors (Lipinski definition) is 3. The Morgan fingerprint density at radius 3 is 2.70 bits per heavy atom. The van der Waals surface area contributed by atoms with Crippen molar-refractivity contribution >= 4 is 5.91 Å². The van der Waals surface area contributed by atoms with Crippen LogP contribution in [-0.2, 0) is 11.2 Å². The van der Waals surface area contributed by atoms with Crippen molar-refractivity contribution in [1.82, 2.24) is 15.2 Å². The van der Waals surface area contributed by atoms with Crippen LogP contribution in [0.4, 0.5) is 0 Å². The average molecular weight is 273 g/mol. The van der Waals surface area contributed by atoms with Crippen LogP contribution in [0.1, 0.15) is 38.3 Å². The van der Waals surface area contributed by atoms with Gasteiger partial charge in [-0.25, -0.2) is 0 Å². The lowest BCUT2D eigenvalue weighted by molar-refractivity contribution is -0.133. The van der Waals surface area contributed by atoms with Gasteiger partial charge in [0.25, 0.3) is 0 Å². The van der Waals surface area contributed by atoms with Crippen molar-refractivity contribution in [1.29, 1.82) is 0 Å². The summed E-state index contributed by atoms with van der Waals surface area (Å²) in [5.41, 5.74) is 0.868. The molecule has 108 valence electrons. The van der Waals surface area contributed by atoms with E-state index in [1.165, 1.54) is 12.8 Å². The van der Waals surface area contributed by atoms with Crippen LogP contribution < -0.4 is 5.32 Å². The zero-order valence-corrected chi connectivity index (χ0v) is 12.1. The van der Waals surface area contributed by atoms with Crippen molar-refractivity contribution in [3.63, 3.8) is 0 Å². The molecule has 2 atom stereocenters. The van der Waals surface area contributed by atoms with Gasteiger partial charge in [0.2, 0.25) is 5.91 Å². The highest BCUT2D eigenvalue weighted by atomic mass is 16.2. The Bertz CT molecular complexity index is 450. The number of fused-ring (bicyclic) bond motifs is 2. The molecule has 0 aliphatic carbocycles. The number of rotatable bonds is 4. The Labute approximate surface area is 120 Å². The van der Waals surface area contributed by atoms with Gasteiger partial charge in [-0.15, -0.1) is 0 Å². The highest BCUT2D eigenvalue weighted by molar-refractivity contribution is 5.78. The molecular weight excluding hydrogens is 250 g/mol. The molecule has 2 aliphatic heterocycles. The van der Waals surface area contributed by atoms with Crippen LogP contribution in [-0.4, -0.2) is 40.5 Å². The fourth-order valence-corrected chi connectivity index (χ4v) is 3.68. The van der Waals surface area contributed by atoms with Crippen LogP contribution in [0.15, 0.2) is 24.4 Å². The van der Waals surface area contributed by atoms with Crippen LogP contribution in [0.2, 0.25) is 0 Å². The monoisotopic (exact) mass is 273 g/mol. The maximum absolute atomic E-state index is 12.5. The maximum Gasteiger partial charge on any atom is 0.228 e. The summed E-state index contributed by atoms with van der Waals surface area (Å²) in [4.78, 5) is 18.9. The van der Waals surface area contributed by atoms with Gasteiger partial charge in [-0.1, -0.05) is 6.07 Å². The number of carbonyl (C=O) groups excluding carboxylic acids is 1. The van der Waals surface area contributed by atoms with Gasteiger partial charge in [-0.2, -0.15) is 0 Å². The molecule has 2 aliphatic rings. The Kier molecular flexibility index (Phi) is 4.01. The Morgan fingerprint density at radius 1 is 1.35 bits per heavy atom. The summed E-state index contributed by atoms with van der Waals surface area (Å²) in [6.45, 7) is 2.88. The van der Waals surface area contributed by atoms with Crippen LogP contribution in [0, 0.1) is 0 Å². The van der Waals surface area contributed by atoms with E-state index in [2.05, 4.69) is 22.1 Å². The van der Waals surface area contributed by atoms with Crippen molar-refractivity contribution in [3.8, 4) is 0 Å². The summed E-state index contributed by atoms with van der Waals surface area (Å²) in [7, 11) is 0. The molecule has 1 N–H and O–H groups in total. The first kappa shape index (κ1) is 13.6. The molecule has 2 bridgehead atoms. The number of pyridine rings is 1. The largest absolute Gasteiger partial charge is 0.340 e. The fourth-order valence-electron chi connectivity index (χ4n) is 3.68. The summed E-state index contributed by atoms with van der Waals surface area (Å²) in [6, 6.07) is 7.41. The molecule has 0 aromatic carbocycles. The lowest BCUT2D eigenvalue weighted by Crippen LogP contribution is -2.50. The number of nitrogens with one attached hydrogen (secondary N) is 1. The first-order valence-electron chi connectivity index (χ1n) is 7.71. The highest BCUT2D eigenvalue weighted by Gasteiger charge is 2.36. The summed E-state index contributed by atoms with van der Waals surface area (Å²) in [6.07, 6.45) is 6.94. The van der Waals surface area contributed by atoms with Crippen molar-refractivity contribution < 1.29 is 4.79 Å². The molecule has 2 fully saturated rings. The summed E-state index contributed by atoms with van der Waals surface area (Å²) in [5, 5.41) is 3.64. The second kappa shape index (κ2) is 5.92. The van der Waals surface area contributed by atoms with E-state index in [1.54, 1.807) is 6.20 Å². The number of hydrogen-bond donors (Lipinski definition) is 1. The Morgan fingerprint density at radius 2 is 2.10 bits per heavy atom. The lowest BCUT2D eigenvalue weighted by Gasteiger charge is -2.37. The first-order chi connectivity index (χ1) is 9.76. The standard InChI is InChI=1S/C16H23N3O/c1-2-19(15-9-13-6-7-14(10-15)18-13)16(20)11-12-5-3-4-8-17-12/h3-5,8,13-15,18H,2,6-7,9-11H2,1H3. The maximum atomic E-state index is 12.5. The predicted molar refractivity (Wildman–Crippen MR) is 78.3 cm³/mol. The van der Waals surface area contributed by atoms with Gasteiger partial charge >= 0.3 is 0 Å². The average Bonchev–Trinajstić information content (AvgIpc) is 2.80. The highest BCUT2D eigenvalue weighted by Crippen LogP contribution is 2.29. The molecule has 0 spiro atoms. The number of carbonyl (C=O) groups is 1. The van der Waals surface area contributed by atoms with E-state index in [1.807, 2.05) is 18.2 Å². The van der Waals surface area contributed by atoms with Crippen LogP contribution >= 0.6 is 0 Å². The number of aromatic nitrogens is 1. The van der Waals surface area contributed by atoms with Gasteiger partial charge in [-0.3, -0.25) is 9.78 Å². The van der Waals surface area contributed by atoms with E-state index in [0.29, 0.717) is 24.5 Å². The molecule has 20 heavy (non-hydrogen) atoms. The van der Waals surface area contributed by atoms with Gasteiger partial charge in [0.05, 0.1) is 6.42 Å². The third-order valence-electron chi connectivity index (χ3n) is 4.61. The van der Waals surface area contributed by atoms with Gasteiger partial charge in [-0.05, 0) is 44.7 Å². The number of piperidine rings is 1. The minimum atomic E-state index is 0.220. The number of amides is 1. The molecule has 4 nitrogen and oxygen atoms in total. The van der Waals surface area contributed by atoms with Crippen molar-refractivity contribution in [2.24, 2.45) is 0 Å². The summed E-state index contributed by atoms with van der Waals surface area (Å²) in [5.74, 6) is 0.220. The number of nitrogens with zero attached hydrogens (tertiary/aromatic N) is 2. The SMILES string of the molecule is CCN(C(=O)Cc1ccccn1)C1CC2CCC(C1)N2. The summed E-state index contributed by atoms with van der Waals surface area (Å²) < 4.78 is 0. The normalized spacial score (nSPS) is 28.4. The first-order valence-corrected chi connectivity index (χ1v) is 7.71. The third kappa shape index (κ3) is 2.85. The number of likely N-dealkylation sites (N-methyl/N-ethyl adjacent to an activating group) is 1. The fraction of sp³-hybridized carbons (Fsp3) is 0.625. The van der Waals surface area contributed by atoms with Crippen LogP contribution in [0.25, 0.3) is 0 Å². The second-order valence-corrected chi connectivity index (χ2v) is 5.94. The molecule has 1 aromatic heterocycles. The summed E-state index contributed by atoms with van der Waals surface area (Å²) >= 11 is 0. The van der Waals surface area contributed by atoms with E-state index >= 15 is 0 Å². The van der Waals surface area contributed by atoms with E-state index < -0.39 is 0 Å². The zero-order valence-electron chi connectivity index (χ0n) is 12.1. The van der Waals surface area contributed by atoms with Gasteiger partial charge in [0.1, 0.15) is 0 Å². The quantitative estimate of drug-likeness (QED) is 0.909. The van der Waals surface area contributed by atoms with Crippen molar-refractivity contribution in [2.75, 3.05) is 6.54 Å². The van der Waals surface area contributed by atoms with Gasteiger partial charge in [0, 0.05) is 36.6 Å². The molecule has 2 unspecified atom stereocenters. The molecule has 3 rings (SSSR count). The molecule has 1 aromatic rings. The van der Waals surface area contributed by atoms with Gasteiger partial charge in [0.15, 0.2) is 0 Å². The molecular formula is C16H23N3O. The van der Waals surface area contributed by atoms with E-state index in [9.17, 15) is 4.79 Å². The molecule has 0 saturated carbocycles. The van der Waals surface area contributed by atoms with E-state index in [-0.39, 0.29) is 5.91 Å². The molecule has 4 heteroatoms. The smallest absolute Gasteiger partial charge is 0.228 e. The molecule has 1 amide bonds. The second-order valence-electron chi connectivity index (χ2n) is 5.94. The van der Waals surface area contributed by atoms with E-state index in [4.69, 9.17) is 0 Å². The van der Waals surface area contributed by atoms with Crippen molar-refractivity contribution in [3.05, 3.63) is 30.1 Å². The minimum absolute atomic E-state index is 0.220. The van der Waals surface area contributed by atoms with Crippen LogP contribution in [0.3, 0.4) is 0 Å². The Hall–Kier alpha value is -1.42. The zero-order chi connectivity index (χ0) is 13.9. The topological polar surface area (TPSA) is 45.2 Å². The Balaban J connectivity index is 1.65. The lowest BCUT2D eigenvalue weighted by atomic mass is 9.97. The predicted octanol–water partition coefficient (Wildman–Crippen LogP) is 1.76. The molecule has 3 heterocycles. The van der Waals surface area contributed by atoms with Gasteiger partial charge < -0.3 is 10.2 Å². The molecule has 0 radical (unpaired) electrons. The molecule has 2 saturated heterocycles.